The molecule has 1 heterocycles. The number of hydrogen-bond acceptors (Lipinski definition) is 3. The highest BCUT2D eigenvalue weighted by atomic mass is 35.5. The van der Waals surface area contributed by atoms with Crippen LogP contribution in [-0.2, 0) is 6.54 Å². The van der Waals surface area contributed by atoms with Crippen molar-refractivity contribution in [2.45, 2.75) is 19.5 Å². The largest absolute Gasteiger partial charge is 0.273 e. The quantitative estimate of drug-likeness (QED) is 0.661. The van der Waals surface area contributed by atoms with Gasteiger partial charge >= 0.3 is 0 Å². The molecular weight excluding hydrogens is 255 g/mol. The first-order valence-corrected chi connectivity index (χ1v) is 5.97. The molecule has 3 N–H and O–H groups in total. The van der Waals surface area contributed by atoms with Gasteiger partial charge in [0, 0.05) is 28.9 Å². The molecule has 0 saturated carbocycles. The molecule has 0 aliphatic carbocycles. The second kappa shape index (κ2) is 5.48. The fourth-order valence-corrected chi connectivity index (χ4v) is 2.11. The molecule has 6 heteroatoms. The third kappa shape index (κ3) is 2.38. The average Bonchev–Trinajstić information content (AvgIpc) is 2.82. The Morgan fingerprint density at radius 3 is 2.89 bits per heavy atom. The molecule has 2 aromatic rings. The molecule has 0 saturated heterocycles. The van der Waals surface area contributed by atoms with Crippen LogP contribution in [0.2, 0.25) is 5.02 Å². The van der Waals surface area contributed by atoms with Crippen molar-refractivity contribution in [1.29, 1.82) is 0 Å². The van der Waals surface area contributed by atoms with Crippen molar-refractivity contribution in [3.63, 3.8) is 0 Å². The van der Waals surface area contributed by atoms with Gasteiger partial charge in [0.2, 0.25) is 0 Å². The number of nitrogens with one attached hydrogen (secondary N) is 1. The van der Waals surface area contributed by atoms with E-state index in [-0.39, 0.29) is 0 Å². The van der Waals surface area contributed by atoms with Gasteiger partial charge in [-0.15, -0.1) is 0 Å². The summed E-state index contributed by atoms with van der Waals surface area (Å²) >= 11 is 6.03. The van der Waals surface area contributed by atoms with Gasteiger partial charge in [-0.3, -0.25) is 10.5 Å². The molecule has 0 fully saturated rings. The second-order valence-electron chi connectivity index (χ2n) is 3.86. The number of halogens is 2. The molecule has 0 aliphatic rings. The Morgan fingerprint density at radius 1 is 1.56 bits per heavy atom. The Hall–Kier alpha value is -1.43. The molecule has 1 atom stereocenters. The topological polar surface area (TPSA) is 55.9 Å². The zero-order chi connectivity index (χ0) is 13.1. The van der Waals surface area contributed by atoms with Gasteiger partial charge < -0.3 is 0 Å². The van der Waals surface area contributed by atoms with Crippen LogP contribution < -0.4 is 11.3 Å². The van der Waals surface area contributed by atoms with Gasteiger partial charge in [0.1, 0.15) is 5.82 Å². The Balaban J connectivity index is 2.45. The smallest absolute Gasteiger partial charge is 0.129 e. The molecule has 1 aromatic carbocycles. The number of nitrogens with two attached hydrogens (primary N) is 1. The minimum Gasteiger partial charge on any atom is -0.273 e. The maximum absolute atomic E-state index is 13.9. The van der Waals surface area contributed by atoms with Crippen LogP contribution in [0.25, 0.3) is 0 Å². The van der Waals surface area contributed by atoms with Crippen LogP contribution in [0.15, 0.2) is 30.6 Å². The van der Waals surface area contributed by atoms with Crippen LogP contribution in [0.3, 0.4) is 0 Å². The number of aromatic nitrogens is 2. The lowest BCUT2D eigenvalue weighted by molar-refractivity contribution is 0.559. The van der Waals surface area contributed by atoms with Crippen molar-refractivity contribution in [2.24, 2.45) is 5.84 Å². The summed E-state index contributed by atoms with van der Waals surface area (Å²) in [6.45, 7) is 2.71. The summed E-state index contributed by atoms with van der Waals surface area (Å²) in [6.07, 6.45) is 3.46. The van der Waals surface area contributed by atoms with Crippen molar-refractivity contribution in [3.8, 4) is 0 Å². The molecule has 2 rings (SSSR count). The van der Waals surface area contributed by atoms with Crippen molar-refractivity contribution >= 4 is 11.6 Å². The van der Waals surface area contributed by atoms with E-state index in [0.717, 1.165) is 12.1 Å². The molecule has 18 heavy (non-hydrogen) atoms. The zero-order valence-corrected chi connectivity index (χ0v) is 10.7. The van der Waals surface area contributed by atoms with Crippen LogP contribution in [-0.4, -0.2) is 9.78 Å². The van der Waals surface area contributed by atoms with Crippen molar-refractivity contribution in [1.82, 2.24) is 15.2 Å². The highest BCUT2D eigenvalue weighted by Crippen LogP contribution is 2.29. The Bertz CT molecular complexity index is 520. The summed E-state index contributed by atoms with van der Waals surface area (Å²) < 4.78 is 15.6. The van der Waals surface area contributed by atoms with Gasteiger partial charge in [0.25, 0.3) is 0 Å². The van der Waals surface area contributed by atoms with E-state index in [2.05, 4.69) is 10.5 Å². The number of benzene rings is 1. The van der Waals surface area contributed by atoms with Crippen LogP contribution in [0.1, 0.15) is 24.1 Å². The van der Waals surface area contributed by atoms with Crippen LogP contribution in [0.5, 0.6) is 0 Å². The maximum Gasteiger partial charge on any atom is 0.129 e. The van der Waals surface area contributed by atoms with Crippen LogP contribution in [0.4, 0.5) is 4.39 Å². The average molecular weight is 269 g/mol. The van der Waals surface area contributed by atoms with E-state index in [4.69, 9.17) is 17.4 Å². The molecule has 4 nitrogen and oxygen atoms in total. The number of hydrogen-bond donors (Lipinski definition) is 2. The van der Waals surface area contributed by atoms with E-state index in [0.29, 0.717) is 10.6 Å². The lowest BCUT2D eigenvalue weighted by Gasteiger charge is -2.16. The predicted molar refractivity (Wildman–Crippen MR) is 68.5 cm³/mol. The van der Waals surface area contributed by atoms with Crippen LogP contribution >= 0.6 is 11.6 Å². The first kappa shape index (κ1) is 13.0. The van der Waals surface area contributed by atoms with E-state index < -0.39 is 11.9 Å². The summed E-state index contributed by atoms with van der Waals surface area (Å²) in [4.78, 5) is 0. The molecule has 0 radical (unpaired) electrons. The molecule has 96 valence electrons. The molecule has 1 aromatic heterocycles. The lowest BCUT2D eigenvalue weighted by atomic mass is 10.0. The van der Waals surface area contributed by atoms with Gasteiger partial charge in [-0.25, -0.2) is 9.82 Å². The van der Waals surface area contributed by atoms with Gasteiger partial charge in [0.15, 0.2) is 0 Å². The van der Waals surface area contributed by atoms with E-state index in [1.165, 1.54) is 6.07 Å². The first-order chi connectivity index (χ1) is 8.67. The normalized spacial score (nSPS) is 12.7. The monoisotopic (exact) mass is 268 g/mol. The van der Waals surface area contributed by atoms with Gasteiger partial charge in [-0.2, -0.15) is 5.10 Å². The highest BCUT2D eigenvalue weighted by Gasteiger charge is 2.20. The van der Waals surface area contributed by atoms with Crippen molar-refractivity contribution in [2.75, 3.05) is 0 Å². The summed E-state index contributed by atoms with van der Waals surface area (Å²) in [5.74, 6) is 5.12. The van der Waals surface area contributed by atoms with E-state index >= 15 is 0 Å². The Morgan fingerprint density at radius 2 is 2.33 bits per heavy atom. The summed E-state index contributed by atoms with van der Waals surface area (Å²) in [6, 6.07) is 4.04. The third-order valence-electron chi connectivity index (χ3n) is 2.77. The maximum atomic E-state index is 13.9. The minimum absolute atomic E-state index is 0.331. The molecule has 1 unspecified atom stereocenters. The first-order valence-electron chi connectivity index (χ1n) is 5.59. The minimum atomic E-state index is -0.515. The second-order valence-corrected chi connectivity index (χ2v) is 4.27. The fourth-order valence-electron chi connectivity index (χ4n) is 1.83. The van der Waals surface area contributed by atoms with Gasteiger partial charge in [-0.1, -0.05) is 17.7 Å². The number of rotatable bonds is 4. The molecule has 0 bridgehead atoms. The summed E-state index contributed by atoms with van der Waals surface area (Å²) in [5.41, 5.74) is 3.68. The molecule has 0 amide bonds. The van der Waals surface area contributed by atoms with Crippen molar-refractivity contribution in [3.05, 3.63) is 52.6 Å². The Labute approximate surface area is 110 Å². The molecule has 0 aliphatic heterocycles. The van der Waals surface area contributed by atoms with Crippen LogP contribution in [0, 0.1) is 5.82 Å². The van der Waals surface area contributed by atoms with Gasteiger partial charge in [-0.05, 0) is 19.1 Å². The highest BCUT2D eigenvalue weighted by molar-refractivity contribution is 6.31. The number of nitrogens with zero attached hydrogens (tertiary/aromatic N) is 2. The fraction of sp³-hybridized carbons (Fsp3) is 0.250. The summed E-state index contributed by atoms with van der Waals surface area (Å²) in [7, 11) is 0. The Kier molecular flexibility index (Phi) is 3.96. The van der Waals surface area contributed by atoms with Gasteiger partial charge in [0.05, 0.1) is 12.2 Å². The number of hydrazine groups is 1. The molecule has 0 spiro atoms. The number of aryl methyl sites for hydroxylation is 1. The predicted octanol–water partition coefficient (Wildman–Crippen LogP) is 2.25. The lowest BCUT2D eigenvalue weighted by Crippen LogP contribution is -2.29. The zero-order valence-electron chi connectivity index (χ0n) is 9.90. The molecular formula is C12H14ClFN4. The SMILES string of the molecule is CCn1cc(C(NN)c2c(F)cccc2Cl)cn1. The van der Waals surface area contributed by atoms with E-state index in [9.17, 15) is 4.39 Å². The van der Waals surface area contributed by atoms with E-state index in [1.807, 2.05) is 13.1 Å². The van der Waals surface area contributed by atoms with E-state index in [1.54, 1.807) is 23.0 Å². The van der Waals surface area contributed by atoms with Crippen molar-refractivity contribution < 1.29 is 4.39 Å². The standard InChI is InChI=1S/C12H14ClFN4/c1-2-18-7-8(6-16-18)12(17-15)11-9(13)4-3-5-10(11)14/h3-7,12,17H,2,15H2,1H3. The third-order valence-corrected chi connectivity index (χ3v) is 3.10. The summed E-state index contributed by atoms with van der Waals surface area (Å²) in [5, 5.41) is 4.48.